The minimum absolute atomic E-state index is 0.181. The van der Waals surface area contributed by atoms with Crippen LogP contribution in [0.3, 0.4) is 0 Å². The van der Waals surface area contributed by atoms with Gasteiger partial charge in [0.05, 0.1) is 11.7 Å². The average molecular weight is 491 g/mol. The molecule has 1 amide bonds. The molecule has 0 bridgehead atoms. The van der Waals surface area contributed by atoms with Crippen LogP contribution >= 0.6 is 0 Å². The number of anilines is 2. The molecule has 0 saturated heterocycles. The van der Waals surface area contributed by atoms with Gasteiger partial charge in [0.2, 0.25) is 5.88 Å². The molecule has 0 unspecified atom stereocenters. The van der Waals surface area contributed by atoms with Crippen LogP contribution in [0.2, 0.25) is 0 Å². The number of nitrogens with one attached hydrogen (secondary N) is 1. The number of hydrogen-bond donors (Lipinski definition) is 1. The molecule has 0 aliphatic carbocycles. The van der Waals surface area contributed by atoms with Gasteiger partial charge in [0, 0.05) is 36.6 Å². The van der Waals surface area contributed by atoms with E-state index >= 15 is 0 Å². The van der Waals surface area contributed by atoms with Gasteiger partial charge < -0.3 is 15.0 Å². The second-order valence-corrected chi connectivity index (χ2v) is 8.48. The van der Waals surface area contributed by atoms with Gasteiger partial charge in [-0.25, -0.2) is 19.7 Å². The summed E-state index contributed by atoms with van der Waals surface area (Å²) in [6, 6.07) is 24.2. The first kappa shape index (κ1) is 23.9. The van der Waals surface area contributed by atoms with Crippen LogP contribution in [0.1, 0.15) is 18.9 Å². The minimum Gasteiger partial charge on any atom is -0.389 e. The number of nitrogens with zero attached hydrogens (tertiary/aromatic N) is 5. The molecule has 5 aromatic rings. The molecule has 0 saturated carbocycles. The lowest BCUT2D eigenvalue weighted by Gasteiger charge is -2.21. The van der Waals surface area contributed by atoms with Gasteiger partial charge in [-0.2, -0.15) is 0 Å². The van der Waals surface area contributed by atoms with Gasteiger partial charge in [-0.05, 0) is 53.4 Å². The van der Waals surface area contributed by atoms with Gasteiger partial charge >= 0.3 is 6.09 Å². The molecule has 0 aliphatic rings. The Morgan fingerprint density at radius 3 is 2.59 bits per heavy atom. The molecule has 1 N–H and O–H groups in total. The van der Waals surface area contributed by atoms with Crippen molar-refractivity contribution in [2.45, 2.75) is 19.9 Å². The van der Waals surface area contributed by atoms with Crippen LogP contribution in [0, 0.1) is 0 Å². The van der Waals surface area contributed by atoms with Crippen molar-refractivity contribution in [2.75, 3.05) is 11.9 Å². The highest BCUT2D eigenvalue weighted by atomic mass is 16.6. The maximum Gasteiger partial charge on any atom is 0.416 e. The van der Waals surface area contributed by atoms with Crippen molar-refractivity contribution in [3.05, 3.63) is 103 Å². The summed E-state index contributed by atoms with van der Waals surface area (Å²) in [5, 5.41) is 4.32. The third kappa shape index (κ3) is 5.87. The van der Waals surface area contributed by atoms with Gasteiger partial charge in [0.1, 0.15) is 12.1 Å². The number of carbonyl (C=O) groups is 1. The third-order valence-electron chi connectivity index (χ3n) is 5.79. The van der Waals surface area contributed by atoms with Crippen LogP contribution < -0.4 is 10.1 Å². The molecule has 0 fully saturated rings. The van der Waals surface area contributed by atoms with E-state index in [9.17, 15) is 4.79 Å². The second-order valence-electron chi connectivity index (χ2n) is 8.48. The highest BCUT2D eigenvalue weighted by Crippen LogP contribution is 2.29. The van der Waals surface area contributed by atoms with Crippen molar-refractivity contribution >= 4 is 28.5 Å². The smallest absolute Gasteiger partial charge is 0.389 e. The number of aromatic nitrogens is 4. The molecular weight excluding hydrogens is 464 g/mol. The normalized spacial score (nSPS) is 10.7. The maximum atomic E-state index is 12.8. The van der Waals surface area contributed by atoms with E-state index in [0.29, 0.717) is 13.1 Å². The fourth-order valence-electron chi connectivity index (χ4n) is 4.06. The highest BCUT2D eigenvalue weighted by Gasteiger charge is 2.17. The fourth-order valence-corrected chi connectivity index (χ4v) is 4.06. The van der Waals surface area contributed by atoms with Crippen molar-refractivity contribution in [1.29, 1.82) is 0 Å². The number of fused-ring (bicyclic) bond motifs is 1. The van der Waals surface area contributed by atoms with Gasteiger partial charge in [0.15, 0.2) is 0 Å². The lowest BCUT2D eigenvalue weighted by molar-refractivity contribution is 0.147. The molecule has 2 aromatic heterocycles. The number of hydrogen-bond acceptors (Lipinski definition) is 7. The van der Waals surface area contributed by atoms with Crippen molar-refractivity contribution in [3.8, 4) is 17.0 Å². The Morgan fingerprint density at radius 2 is 1.78 bits per heavy atom. The maximum absolute atomic E-state index is 12.8. The Morgan fingerprint density at radius 1 is 0.919 bits per heavy atom. The van der Waals surface area contributed by atoms with Crippen molar-refractivity contribution in [1.82, 2.24) is 24.8 Å². The van der Waals surface area contributed by atoms with E-state index in [1.807, 2.05) is 61.5 Å². The summed E-state index contributed by atoms with van der Waals surface area (Å²) in [4.78, 5) is 31.4. The van der Waals surface area contributed by atoms with Crippen molar-refractivity contribution < 1.29 is 9.53 Å². The van der Waals surface area contributed by atoms with E-state index in [1.165, 1.54) is 18.6 Å². The molecule has 0 radical (unpaired) electrons. The molecule has 3 aromatic carbocycles. The summed E-state index contributed by atoms with van der Waals surface area (Å²) < 4.78 is 5.42. The van der Waals surface area contributed by atoms with Crippen LogP contribution in [0.5, 0.6) is 5.88 Å². The number of rotatable bonds is 8. The van der Waals surface area contributed by atoms with Crippen LogP contribution in [0.25, 0.3) is 22.0 Å². The van der Waals surface area contributed by atoms with Crippen LogP contribution in [0.15, 0.2) is 97.7 Å². The summed E-state index contributed by atoms with van der Waals surface area (Å²) in [6.07, 6.45) is 6.37. The van der Waals surface area contributed by atoms with Crippen LogP contribution in [-0.2, 0) is 6.54 Å². The average Bonchev–Trinajstić information content (AvgIpc) is 2.94. The predicted molar refractivity (Wildman–Crippen MR) is 143 cm³/mol. The van der Waals surface area contributed by atoms with E-state index in [0.717, 1.165) is 45.5 Å². The second kappa shape index (κ2) is 11.3. The van der Waals surface area contributed by atoms with E-state index in [1.54, 1.807) is 11.2 Å². The molecule has 37 heavy (non-hydrogen) atoms. The largest absolute Gasteiger partial charge is 0.416 e. The summed E-state index contributed by atoms with van der Waals surface area (Å²) in [5.74, 6) is 0.927. The number of amides is 1. The van der Waals surface area contributed by atoms with Crippen LogP contribution in [-0.4, -0.2) is 37.5 Å². The molecule has 2 heterocycles. The van der Waals surface area contributed by atoms with Crippen LogP contribution in [0.4, 0.5) is 16.3 Å². The van der Waals surface area contributed by atoms with Gasteiger partial charge in [-0.1, -0.05) is 49.4 Å². The van der Waals surface area contributed by atoms with E-state index in [2.05, 4.69) is 43.5 Å². The Labute approximate surface area is 215 Å². The lowest BCUT2D eigenvalue weighted by Crippen LogP contribution is -2.34. The Balaban J connectivity index is 1.39. The van der Waals surface area contributed by atoms with Gasteiger partial charge in [0.25, 0.3) is 0 Å². The van der Waals surface area contributed by atoms with E-state index in [4.69, 9.17) is 4.74 Å². The molecule has 5 rings (SSSR count). The topological polar surface area (TPSA) is 93.1 Å². The summed E-state index contributed by atoms with van der Waals surface area (Å²) in [7, 11) is 0. The number of carbonyl (C=O) groups excluding carboxylic acids is 1. The Bertz CT molecular complexity index is 1490. The first-order chi connectivity index (χ1) is 18.2. The number of ether oxygens (including phenoxy) is 1. The van der Waals surface area contributed by atoms with Gasteiger partial charge in [-0.15, -0.1) is 0 Å². The summed E-state index contributed by atoms with van der Waals surface area (Å²) in [6.45, 7) is 3.00. The zero-order chi connectivity index (χ0) is 25.5. The monoisotopic (exact) mass is 490 g/mol. The van der Waals surface area contributed by atoms with E-state index < -0.39 is 6.09 Å². The SMILES string of the molecule is CCCN(Cc1cccc(-c2ccc3ncnc(Nc4ccccc4)c3c2)c1)C(=O)Oc1cnccn1. The lowest BCUT2D eigenvalue weighted by atomic mass is 10.0. The first-order valence-corrected chi connectivity index (χ1v) is 12.1. The zero-order valence-electron chi connectivity index (χ0n) is 20.4. The van der Waals surface area contributed by atoms with Gasteiger partial charge in [-0.3, -0.25) is 4.98 Å². The standard InChI is InChI=1S/C29H26N6O2/c1-2-15-35(29(36)37-27-18-30-13-14-31-27)19-21-7-6-8-22(16-21)23-11-12-26-25(17-23)28(33-20-32-26)34-24-9-4-3-5-10-24/h3-14,16-18,20H,2,15,19H2,1H3,(H,32,33,34). The third-order valence-corrected chi connectivity index (χ3v) is 5.79. The zero-order valence-corrected chi connectivity index (χ0v) is 20.4. The minimum atomic E-state index is -0.452. The quantitative estimate of drug-likeness (QED) is 0.275. The number of para-hydroxylation sites is 1. The number of benzene rings is 3. The Kier molecular flexibility index (Phi) is 7.26. The molecule has 0 atom stereocenters. The van der Waals surface area contributed by atoms with Crippen molar-refractivity contribution in [2.24, 2.45) is 0 Å². The predicted octanol–water partition coefficient (Wildman–Crippen LogP) is 6.24. The van der Waals surface area contributed by atoms with Crippen molar-refractivity contribution in [3.63, 3.8) is 0 Å². The fraction of sp³-hybridized carbons (Fsp3) is 0.138. The van der Waals surface area contributed by atoms with E-state index in [-0.39, 0.29) is 5.88 Å². The molecule has 8 nitrogen and oxygen atoms in total. The highest BCUT2D eigenvalue weighted by molar-refractivity contribution is 5.93. The Hall–Kier alpha value is -4.85. The molecule has 184 valence electrons. The molecule has 0 aliphatic heterocycles. The molecule has 0 spiro atoms. The molecule has 8 heteroatoms. The first-order valence-electron chi connectivity index (χ1n) is 12.1. The summed E-state index contributed by atoms with van der Waals surface area (Å²) in [5.41, 5.74) is 4.87. The molecular formula is C29H26N6O2. The summed E-state index contributed by atoms with van der Waals surface area (Å²) >= 11 is 0.